The molecule has 0 aromatic carbocycles. The van der Waals surface area contributed by atoms with Gasteiger partial charge in [-0.05, 0) is 32.2 Å². The molecule has 1 N–H and O–H groups in total. The first-order chi connectivity index (χ1) is 3.88. The number of hydrogen-bond acceptors (Lipinski definition) is 1. The maximum Gasteiger partial charge on any atom is 0.00897 e. The van der Waals surface area contributed by atoms with Crippen LogP contribution < -0.4 is 5.32 Å². The van der Waals surface area contributed by atoms with Crippen molar-refractivity contribution in [2.45, 2.75) is 32.2 Å². The summed E-state index contributed by atoms with van der Waals surface area (Å²) < 4.78 is 0. The Morgan fingerprint density at radius 1 is 1.62 bits per heavy atom. The van der Waals surface area contributed by atoms with E-state index in [9.17, 15) is 0 Å². The molecule has 0 saturated heterocycles. The Morgan fingerprint density at radius 3 is 2.38 bits per heavy atom. The topological polar surface area (TPSA) is 12.0 Å². The minimum atomic E-state index is 0.815. The Labute approximate surface area is 51.5 Å². The van der Waals surface area contributed by atoms with Crippen molar-refractivity contribution in [3.05, 3.63) is 0 Å². The molecule has 1 aliphatic rings. The van der Waals surface area contributed by atoms with Gasteiger partial charge in [-0.2, -0.15) is 0 Å². The van der Waals surface area contributed by atoms with Gasteiger partial charge in [0, 0.05) is 6.04 Å². The molecule has 1 nitrogen and oxygen atoms in total. The Bertz CT molecular complexity index is 62.8. The molecule has 1 rings (SSSR count). The van der Waals surface area contributed by atoms with E-state index in [0.717, 1.165) is 12.0 Å². The van der Waals surface area contributed by atoms with Crippen molar-refractivity contribution in [3.63, 3.8) is 0 Å². The minimum Gasteiger partial charge on any atom is -0.317 e. The smallest absolute Gasteiger partial charge is 0.00897 e. The Balaban J connectivity index is 2.15. The second-order valence-electron chi connectivity index (χ2n) is 2.64. The van der Waals surface area contributed by atoms with Crippen LogP contribution in [-0.2, 0) is 0 Å². The molecule has 0 heterocycles. The summed E-state index contributed by atoms with van der Waals surface area (Å²) in [4.78, 5) is 0. The quantitative estimate of drug-likeness (QED) is 0.583. The van der Waals surface area contributed by atoms with Gasteiger partial charge in [-0.15, -0.1) is 0 Å². The lowest BCUT2D eigenvalue weighted by atomic mass is 10.1. The SMILES string of the molecule is CC[C@@H](NC)C1CC1. The first-order valence-electron chi connectivity index (χ1n) is 3.55. The lowest BCUT2D eigenvalue weighted by Crippen LogP contribution is -2.25. The standard InChI is InChI=1S/C7H15N/c1-3-7(8-2)6-4-5-6/h6-8H,3-5H2,1-2H3/t7-/m1/s1. The summed E-state index contributed by atoms with van der Waals surface area (Å²) in [6.07, 6.45) is 4.21. The highest BCUT2D eigenvalue weighted by Crippen LogP contribution is 2.33. The highest BCUT2D eigenvalue weighted by Gasteiger charge is 2.28. The van der Waals surface area contributed by atoms with E-state index in [0.29, 0.717) is 0 Å². The third-order valence-corrected chi connectivity index (χ3v) is 2.00. The van der Waals surface area contributed by atoms with E-state index in [1.54, 1.807) is 0 Å². The fourth-order valence-electron chi connectivity index (χ4n) is 1.27. The van der Waals surface area contributed by atoms with Crippen molar-refractivity contribution in [3.8, 4) is 0 Å². The molecule has 1 aliphatic carbocycles. The average molecular weight is 113 g/mol. The van der Waals surface area contributed by atoms with E-state index < -0.39 is 0 Å². The first-order valence-corrected chi connectivity index (χ1v) is 3.55. The largest absolute Gasteiger partial charge is 0.317 e. The lowest BCUT2D eigenvalue weighted by Gasteiger charge is -2.10. The van der Waals surface area contributed by atoms with Crippen LogP contribution in [0, 0.1) is 5.92 Å². The average Bonchev–Trinajstić information content (AvgIpc) is 2.53. The molecule has 48 valence electrons. The van der Waals surface area contributed by atoms with Crippen LogP contribution in [0.3, 0.4) is 0 Å². The number of rotatable bonds is 3. The molecular weight excluding hydrogens is 98.1 g/mol. The molecule has 0 radical (unpaired) electrons. The van der Waals surface area contributed by atoms with Gasteiger partial charge in [0.25, 0.3) is 0 Å². The van der Waals surface area contributed by atoms with E-state index in [4.69, 9.17) is 0 Å². The molecule has 1 fully saturated rings. The second kappa shape index (κ2) is 2.49. The molecule has 0 amide bonds. The maximum atomic E-state index is 3.31. The third kappa shape index (κ3) is 1.22. The zero-order chi connectivity index (χ0) is 5.98. The maximum absolute atomic E-state index is 3.31. The zero-order valence-electron chi connectivity index (χ0n) is 5.78. The van der Waals surface area contributed by atoms with Crippen LogP contribution in [0.5, 0.6) is 0 Å². The Morgan fingerprint density at radius 2 is 2.25 bits per heavy atom. The van der Waals surface area contributed by atoms with Gasteiger partial charge in [0.2, 0.25) is 0 Å². The van der Waals surface area contributed by atoms with Crippen molar-refractivity contribution in [2.24, 2.45) is 5.92 Å². The van der Waals surface area contributed by atoms with E-state index in [2.05, 4.69) is 19.3 Å². The van der Waals surface area contributed by atoms with Gasteiger partial charge in [0.15, 0.2) is 0 Å². The van der Waals surface area contributed by atoms with Crippen molar-refractivity contribution in [1.82, 2.24) is 5.32 Å². The molecule has 0 aromatic rings. The highest BCUT2D eigenvalue weighted by molar-refractivity contribution is 4.84. The van der Waals surface area contributed by atoms with Crippen molar-refractivity contribution in [2.75, 3.05) is 7.05 Å². The van der Waals surface area contributed by atoms with Crippen molar-refractivity contribution in [1.29, 1.82) is 0 Å². The Kier molecular flexibility index (Phi) is 1.90. The summed E-state index contributed by atoms with van der Waals surface area (Å²) in [6.45, 7) is 2.25. The van der Waals surface area contributed by atoms with E-state index in [1.807, 2.05) is 0 Å². The molecular formula is C7H15N. The van der Waals surface area contributed by atoms with Gasteiger partial charge in [-0.3, -0.25) is 0 Å². The van der Waals surface area contributed by atoms with Gasteiger partial charge in [0.05, 0.1) is 0 Å². The van der Waals surface area contributed by atoms with Gasteiger partial charge < -0.3 is 5.32 Å². The molecule has 0 aromatic heterocycles. The molecule has 1 heteroatoms. The lowest BCUT2D eigenvalue weighted by molar-refractivity contribution is 0.489. The molecule has 0 spiro atoms. The van der Waals surface area contributed by atoms with Crippen molar-refractivity contribution < 1.29 is 0 Å². The van der Waals surface area contributed by atoms with Crippen molar-refractivity contribution >= 4 is 0 Å². The third-order valence-electron chi connectivity index (χ3n) is 2.00. The summed E-state index contributed by atoms with van der Waals surface area (Å²) in [5.41, 5.74) is 0. The van der Waals surface area contributed by atoms with E-state index in [1.165, 1.54) is 19.3 Å². The van der Waals surface area contributed by atoms with Crippen LogP contribution in [0.15, 0.2) is 0 Å². The summed E-state index contributed by atoms with van der Waals surface area (Å²) in [7, 11) is 2.06. The van der Waals surface area contributed by atoms with Gasteiger partial charge in [-0.25, -0.2) is 0 Å². The fourth-order valence-corrected chi connectivity index (χ4v) is 1.27. The van der Waals surface area contributed by atoms with Gasteiger partial charge >= 0.3 is 0 Å². The molecule has 0 bridgehead atoms. The molecule has 0 aliphatic heterocycles. The summed E-state index contributed by atoms with van der Waals surface area (Å²) in [5.74, 6) is 1.02. The van der Waals surface area contributed by atoms with Crippen LogP contribution in [0.25, 0.3) is 0 Å². The summed E-state index contributed by atoms with van der Waals surface area (Å²) >= 11 is 0. The number of hydrogen-bond donors (Lipinski definition) is 1. The summed E-state index contributed by atoms with van der Waals surface area (Å²) in [5, 5.41) is 3.31. The molecule has 1 saturated carbocycles. The van der Waals surface area contributed by atoms with Gasteiger partial charge in [-0.1, -0.05) is 6.92 Å². The zero-order valence-corrected chi connectivity index (χ0v) is 5.78. The van der Waals surface area contributed by atoms with Crippen LogP contribution in [-0.4, -0.2) is 13.1 Å². The van der Waals surface area contributed by atoms with E-state index in [-0.39, 0.29) is 0 Å². The van der Waals surface area contributed by atoms with Crippen LogP contribution in [0.4, 0.5) is 0 Å². The molecule has 8 heavy (non-hydrogen) atoms. The Hall–Kier alpha value is -0.0400. The minimum absolute atomic E-state index is 0.815. The number of nitrogens with one attached hydrogen (secondary N) is 1. The predicted molar refractivity (Wildman–Crippen MR) is 35.9 cm³/mol. The normalized spacial score (nSPS) is 23.2. The highest BCUT2D eigenvalue weighted by atomic mass is 14.9. The van der Waals surface area contributed by atoms with Crippen LogP contribution in [0.1, 0.15) is 26.2 Å². The predicted octanol–water partition coefficient (Wildman–Crippen LogP) is 1.39. The van der Waals surface area contributed by atoms with Crippen LogP contribution in [0.2, 0.25) is 0 Å². The summed E-state index contributed by atoms with van der Waals surface area (Å²) in [6, 6.07) is 0.815. The molecule has 0 unspecified atom stereocenters. The van der Waals surface area contributed by atoms with Gasteiger partial charge in [0.1, 0.15) is 0 Å². The monoisotopic (exact) mass is 113 g/mol. The molecule has 1 atom stereocenters. The second-order valence-corrected chi connectivity index (χ2v) is 2.64. The van der Waals surface area contributed by atoms with E-state index >= 15 is 0 Å². The first kappa shape index (κ1) is 6.09. The van der Waals surface area contributed by atoms with Crippen LogP contribution >= 0.6 is 0 Å². The fraction of sp³-hybridized carbons (Fsp3) is 1.00.